The summed E-state index contributed by atoms with van der Waals surface area (Å²) in [7, 11) is -0.216. The monoisotopic (exact) mass is 535 g/mol. The zero-order chi connectivity index (χ0) is 25.8. The van der Waals surface area contributed by atoms with E-state index in [-0.39, 0.29) is 30.4 Å². The second-order valence-corrected chi connectivity index (χ2v) is 12.1. The molecule has 2 aromatic rings. The maximum Gasteiger partial charge on any atom is 0.243 e. The fourth-order valence-corrected chi connectivity index (χ4v) is 6.60. The minimum absolute atomic E-state index is 0.0448. The molecule has 2 aliphatic rings. The maximum absolute atomic E-state index is 13.6. The molecule has 1 amide bonds. The Balaban J connectivity index is 1.57. The van der Waals surface area contributed by atoms with E-state index in [0.29, 0.717) is 49.0 Å². The molecule has 0 saturated carbocycles. The summed E-state index contributed by atoms with van der Waals surface area (Å²) in [6.07, 6.45) is 1.57. The lowest BCUT2D eigenvalue weighted by molar-refractivity contribution is -0.136. The van der Waals surface area contributed by atoms with E-state index < -0.39 is 15.4 Å². The normalized spacial score (nSPS) is 21.8. The van der Waals surface area contributed by atoms with E-state index in [1.165, 1.54) is 17.5 Å². The molecule has 2 aromatic carbocycles. The molecule has 0 N–H and O–H groups in total. The molecular formula is C26H34ClN3O5S. The molecule has 36 heavy (non-hydrogen) atoms. The van der Waals surface area contributed by atoms with Crippen molar-refractivity contribution in [1.29, 1.82) is 0 Å². The van der Waals surface area contributed by atoms with Crippen molar-refractivity contribution >= 4 is 27.5 Å². The summed E-state index contributed by atoms with van der Waals surface area (Å²) in [6.45, 7) is 3.85. The predicted molar refractivity (Wildman–Crippen MR) is 139 cm³/mol. The molecule has 0 aliphatic carbocycles. The highest BCUT2D eigenvalue weighted by atomic mass is 35.5. The Kier molecular flexibility index (Phi) is 8.44. The summed E-state index contributed by atoms with van der Waals surface area (Å²) < 4.78 is 40.0. The molecule has 0 radical (unpaired) electrons. The molecule has 10 heteroatoms. The average molecular weight is 536 g/mol. The van der Waals surface area contributed by atoms with Crippen LogP contribution in [0.2, 0.25) is 5.02 Å². The molecule has 2 aliphatic heterocycles. The van der Waals surface area contributed by atoms with Crippen LogP contribution in [0.3, 0.4) is 0 Å². The van der Waals surface area contributed by atoms with Gasteiger partial charge in [-0.2, -0.15) is 4.31 Å². The van der Waals surface area contributed by atoms with Crippen LogP contribution in [0.4, 0.5) is 0 Å². The van der Waals surface area contributed by atoms with E-state index >= 15 is 0 Å². The summed E-state index contributed by atoms with van der Waals surface area (Å²) in [6, 6.07) is 13.6. The zero-order valence-electron chi connectivity index (χ0n) is 20.9. The second kappa shape index (κ2) is 11.4. The quantitative estimate of drug-likeness (QED) is 0.516. The number of hydrogen-bond donors (Lipinski definition) is 0. The third-order valence-corrected chi connectivity index (χ3v) is 9.14. The van der Waals surface area contributed by atoms with Gasteiger partial charge in [0.1, 0.15) is 11.5 Å². The Labute approximate surface area is 218 Å². The highest BCUT2D eigenvalue weighted by molar-refractivity contribution is 7.89. The summed E-state index contributed by atoms with van der Waals surface area (Å²) in [5, 5.41) is 0.607. The number of carbonyl (C=O) groups is 1. The van der Waals surface area contributed by atoms with Crippen molar-refractivity contribution in [3.8, 4) is 11.5 Å². The molecule has 0 aromatic heterocycles. The van der Waals surface area contributed by atoms with Crippen molar-refractivity contribution in [2.24, 2.45) is 5.41 Å². The van der Waals surface area contributed by atoms with Gasteiger partial charge >= 0.3 is 0 Å². The number of methoxy groups -OCH3 is 1. The van der Waals surface area contributed by atoms with Crippen molar-refractivity contribution in [3.63, 3.8) is 0 Å². The molecule has 2 saturated heterocycles. The minimum atomic E-state index is -3.77. The molecule has 196 valence electrons. The van der Waals surface area contributed by atoms with Crippen molar-refractivity contribution in [2.45, 2.75) is 24.2 Å². The van der Waals surface area contributed by atoms with Crippen LogP contribution in [0.1, 0.15) is 19.3 Å². The number of rotatable bonds is 8. The van der Waals surface area contributed by atoms with Crippen LogP contribution in [0.15, 0.2) is 53.4 Å². The van der Waals surface area contributed by atoms with E-state index in [4.69, 9.17) is 21.1 Å². The van der Waals surface area contributed by atoms with E-state index in [9.17, 15) is 13.2 Å². The summed E-state index contributed by atoms with van der Waals surface area (Å²) >= 11 is 6.01. The fraction of sp³-hybridized carbons (Fsp3) is 0.500. The predicted octanol–water partition coefficient (Wildman–Crippen LogP) is 3.36. The number of piperazine rings is 1. The van der Waals surface area contributed by atoms with E-state index in [2.05, 4.69) is 4.90 Å². The molecule has 0 bridgehead atoms. The van der Waals surface area contributed by atoms with Crippen LogP contribution < -0.4 is 9.47 Å². The van der Waals surface area contributed by atoms with E-state index in [0.717, 1.165) is 13.1 Å². The Hall–Kier alpha value is -2.33. The van der Waals surface area contributed by atoms with Gasteiger partial charge < -0.3 is 19.3 Å². The zero-order valence-corrected chi connectivity index (χ0v) is 22.4. The second-order valence-electron chi connectivity index (χ2n) is 9.72. The van der Waals surface area contributed by atoms with Crippen LogP contribution in [0.5, 0.6) is 11.5 Å². The lowest BCUT2D eigenvalue weighted by Crippen LogP contribution is -2.53. The number of ether oxygens (including phenoxy) is 2. The highest BCUT2D eigenvalue weighted by Crippen LogP contribution is 2.38. The fourth-order valence-electron chi connectivity index (χ4n) is 4.85. The molecule has 2 fully saturated rings. The van der Waals surface area contributed by atoms with Crippen molar-refractivity contribution in [3.05, 3.63) is 53.6 Å². The first-order valence-electron chi connectivity index (χ1n) is 12.2. The SMILES string of the molecule is COc1cccc(S(=O)(=O)N2CCC[C@](COc3ccc(Cl)cc3)(CC(=O)N3CCN(C)CC3)C2)c1. The van der Waals surface area contributed by atoms with E-state index in [1.807, 2.05) is 11.9 Å². The minimum Gasteiger partial charge on any atom is -0.497 e. The number of piperidine rings is 1. The number of sulfonamides is 1. The summed E-state index contributed by atoms with van der Waals surface area (Å²) in [5.41, 5.74) is -0.649. The van der Waals surface area contributed by atoms with Crippen LogP contribution in [-0.4, -0.2) is 88.5 Å². The number of halogens is 1. The molecular weight excluding hydrogens is 502 g/mol. The van der Waals surface area contributed by atoms with Gasteiger partial charge in [0.25, 0.3) is 0 Å². The van der Waals surface area contributed by atoms with Crippen molar-refractivity contribution in [1.82, 2.24) is 14.1 Å². The molecule has 2 heterocycles. The lowest BCUT2D eigenvalue weighted by atomic mass is 9.78. The first kappa shape index (κ1) is 26.7. The smallest absolute Gasteiger partial charge is 0.243 e. The molecule has 4 rings (SSSR count). The van der Waals surface area contributed by atoms with E-state index in [1.54, 1.807) is 42.5 Å². The Morgan fingerprint density at radius 3 is 2.44 bits per heavy atom. The van der Waals surface area contributed by atoms with Crippen LogP contribution in [-0.2, 0) is 14.8 Å². The lowest BCUT2D eigenvalue weighted by Gasteiger charge is -2.43. The number of hydrogen-bond acceptors (Lipinski definition) is 6. The first-order valence-corrected chi connectivity index (χ1v) is 14.0. The number of amides is 1. The van der Waals surface area contributed by atoms with Crippen LogP contribution in [0, 0.1) is 5.41 Å². The van der Waals surface area contributed by atoms with Gasteiger partial charge in [0, 0.05) is 62.2 Å². The van der Waals surface area contributed by atoms with Gasteiger partial charge in [-0.05, 0) is 56.3 Å². The van der Waals surface area contributed by atoms with Crippen molar-refractivity contribution in [2.75, 3.05) is 60.0 Å². The highest BCUT2D eigenvalue weighted by Gasteiger charge is 2.43. The first-order chi connectivity index (χ1) is 17.2. The van der Waals surface area contributed by atoms with Gasteiger partial charge in [0.2, 0.25) is 15.9 Å². The van der Waals surface area contributed by atoms with Gasteiger partial charge in [0.05, 0.1) is 18.6 Å². The number of likely N-dealkylation sites (N-methyl/N-ethyl adjacent to an activating group) is 1. The average Bonchev–Trinajstić information content (AvgIpc) is 2.89. The van der Waals surface area contributed by atoms with Crippen LogP contribution in [0.25, 0.3) is 0 Å². The Morgan fingerprint density at radius 2 is 1.75 bits per heavy atom. The van der Waals surface area contributed by atoms with Gasteiger partial charge in [-0.3, -0.25) is 4.79 Å². The van der Waals surface area contributed by atoms with Crippen molar-refractivity contribution < 1.29 is 22.7 Å². The molecule has 1 atom stereocenters. The van der Waals surface area contributed by atoms with Gasteiger partial charge in [-0.1, -0.05) is 17.7 Å². The summed E-state index contributed by atoms with van der Waals surface area (Å²) in [5.74, 6) is 1.16. The molecule has 0 spiro atoms. The Bertz CT molecular complexity index is 1150. The maximum atomic E-state index is 13.6. The third-order valence-electron chi connectivity index (χ3n) is 7.05. The van der Waals surface area contributed by atoms with Gasteiger partial charge in [0.15, 0.2) is 0 Å². The molecule has 0 unspecified atom stereocenters. The molecule has 8 nitrogen and oxygen atoms in total. The third kappa shape index (κ3) is 6.32. The van der Waals surface area contributed by atoms with Crippen LogP contribution >= 0.6 is 11.6 Å². The topological polar surface area (TPSA) is 79.4 Å². The standard InChI is InChI=1S/C26H34ClN3O5S/c1-28-13-15-29(16-14-28)25(31)18-26(20-35-22-9-7-21(27)8-10-22)11-4-12-30(19-26)36(32,33)24-6-3-5-23(17-24)34-2/h3,5-10,17H,4,11-16,18-20H2,1-2H3/t26-/m0/s1. The van der Waals surface area contributed by atoms with Gasteiger partial charge in [-0.15, -0.1) is 0 Å². The number of nitrogens with zero attached hydrogens (tertiary/aromatic N) is 3. The largest absolute Gasteiger partial charge is 0.497 e. The number of carbonyl (C=O) groups excluding carboxylic acids is 1. The Morgan fingerprint density at radius 1 is 1.03 bits per heavy atom. The number of benzene rings is 2. The van der Waals surface area contributed by atoms with Gasteiger partial charge in [-0.25, -0.2) is 8.42 Å². The summed E-state index contributed by atoms with van der Waals surface area (Å²) in [4.78, 5) is 17.7.